The second kappa shape index (κ2) is 4.70. The number of anilines is 1. The normalized spacial score (nSPS) is 10.7. The summed E-state index contributed by atoms with van der Waals surface area (Å²) >= 11 is 1.70. The van der Waals surface area contributed by atoms with Crippen LogP contribution in [0.1, 0.15) is 5.56 Å². The van der Waals surface area contributed by atoms with Gasteiger partial charge in [-0.1, -0.05) is 24.3 Å². The van der Waals surface area contributed by atoms with Crippen molar-refractivity contribution in [3.05, 3.63) is 59.5 Å². The van der Waals surface area contributed by atoms with Gasteiger partial charge in [0.1, 0.15) is 12.4 Å². The van der Waals surface area contributed by atoms with E-state index in [2.05, 4.69) is 11.4 Å². The minimum absolute atomic E-state index is 0.591. The Morgan fingerprint density at radius 1 is 1.06 bits per heavy atom. The molecule has 0 spiro atoms. The van der Waals surface area contributed by atoms with Crippen LogP contribution in [-0.2, 0) is 6.61 Å². The van der Waals surface area contributed by atoms with Crippen LogP contribution in [0.15, 0.2) is 53.9 Å². The maximum absolute atomic E-state index is 5.77. The number of rotatable bonds is 3. The highest BCUT2D eigenvalue weighted by atomic mass is 32.1. The van der Waals surface area contributed by atoms with Crippen LogP contribution in [0, 0.1) is 0 Å². The van der Waals surface area contributed by atoms with Crippen LogP contribution < -0.4 is 10.5 Å². The van der Waals surface area contributed by atoms with Gasteiger partial charge in [0.05, 0.1) is 0 Å². The molecular formula is C15H13NOS. The molecule has 0 bridgehead atoms. The monoisotopic (exact) mass is 255 g/mol. The van der Waals surface area contributed by atoms with E-state index in [1.165, 1.54) is 15.6 Å². The van der Waals surface area contributed by atoms with Crippen molar-refractivity contribution in [3.8, 4) is 5.75 Å². The van der Waals surface area contributed by atoms with Crippen molar-refractivity contribution in [1.29, 1.82) is 0 Å². The fourth-order valence-corrected chi connectivity index (χ4v) is 2.88. The molecule has 90 valence electrons. The summed E-state index contributed by atoms with van der Waals surface area (Å²) in [6.45, 7) is 0.591. The average molecular weight is 255 g/mol. The third kappa shape index (κ3) is 2.17. The summed E-state index contributed by atoms with van der Waals surface area (Å²) in [7, 11) is 0. The molecule has 2 N–H and O–H groups in total. The summed E-state index contributed by atoms with van der Waals surface area (Å²) in [5, 5.41) is 3.36. The van der Waals surface area contributed by atoms with E-state index < -0.39 is 0 Å². The van der Waals surface area contributed by atoms with Gasteiger partial charge in [0.2, 0.25) is 0 Å². The maximum atomic E-state index is 5.77. The van der Waals surface area contributed by atoms with Crippen molar-refractivity contribution in [2.24, 2.45) is 0 Å². The Kier molecular flexibility index (Phi) is 2.90. The number of benzene rings is 2. The minimum atomic E-state index is 0.591. The predicted molar refractivity (Wildman–Crippen MR) is 77.0 cm³/mol. The molecule has 0 saturated carbocycles. The zero-order valence-corrected chi connectivity index (χ0v) is 10.6. The molecule has 0 aliphatic rings. The highest BCUT2D eigenvalue weighted by Crippen LogP contribution is 2.28. The molecule has 0 atom stereocenters. The number of para-hydroxylation sites is 1. The van der Waals surface area contributed by atoms with E-state index in [1.807, 2.05) is 42.5 Å². The number of ether oxygens (including phenoxy) is 1. The second-order valence-electron chi connectivity index (χ2n) is 4.12. The first kappa shape index (κ1) is 11.1. The van der Waals surface area contributed by atoms with Crippen molar-refractivity contribution in [3.63, 3.8) is 0 Å². The lowest BCUT2D eigenvalue weighted by molar-refractivity contribution is 0.308. The van der Waals surface area contributed by atoms with Gasteiger partial charge in [-0.05, 0) is 35.0 Å². The fraction of sp³-hybridized carbons (Fsp3) is 0.0667. The lowest BCUT2D eigenvalue weighted by Gasteiger charge is -2.05. The van der Waals surface area contributed by atoms with Gasteiger partial charge in [0, 0.05) is 16.0 Å². The number of thiophene rings is 1. The molecule has 3 rings (SSSR count). The Morgan fingerprint density at radius 2 is 1.89 bits per heavy atom. The molecule has 2 aromatic carbocycles. The Bertz CT molecular complexity index is 661. The van der Waals surface area contributed by atoms with E-state index in [-0.39, 0.29) is 0 Å². The number of nitrogens with two attached hydrogens (primary N) is 1. The molecule has 0 saturated heterocycles. The van der Waals surface area contributed by atoms with E-state index in [0.29, 0.717) is 6.61 Å². The quantitative estimate of drug-likeness (QED) is 0.716. The molecule has 1 aromatic heterocycles. The summed E-state index contributed by atoms with van der Waals surface area (Å²) in [6, 6.07) is 15.9. The molecule has 1 heterocycles. The summed E-state index contributed by atoms with van der Waals surface area (Å²) in [5.41, 5.74) is 7.79. The third-order valence-electron chi connectivity index (χ3n) is 2.82. The Hall–Kier alpha value is -2.00. The van der Waals surface area contributed by atoms with Crippen molar-refractivity contribution in [2.75, 3.05) is 5.73 Å². The van der Waals surface area contributed by atoms with E-state index >= 15 is 0 Å². The zero-order valence-electron chi connectivity index (χ0n) is 9.80. The van der Waals surface area contributed by atoms with Gasteiger partial charge in [-0.25, -0.2) is 0 Å². The van der Waals surface area contributed by atoms with Gasteiger partial charge in [-0.15, -0.1) is 11.3 Å². The molecular weight excluding hydrogens is 242 g/mol. The highest BCUT2D eigenvalue weighted by molar-refractivity contribution is 7.17. The summed E-state index contributed by atoms with van der Waals surface area (Å²) in [4.78, 5) is 0. The standard InChI is InChI=1S/C15H13NOS/c16-12-6-7-14-11(10-18-15(14)8-12)9-17-13-4-2-1-3-5-13/h1-8,10H,9,16H2. The lowest BCUT2D eigenvalue weighted by Crippen LogP contribution is -1.93. The Morgan fingerprint density at radius 3 is 2.72 bits per heavy atom. The van der Waals surface area contributed by atoms with E-state index in [4.69, 9.17) is 10.5 Å². The molecule has 18 heavy (non-hydrogen) atoms. The molecule has 0 unspecified atom stereocenters. The van der Waals surface area contributed by atoms with Crippen LogP contribution in [0.2, 0.25) is 0 Å². The summed E-state index contributed by atoms with van der Waals surface area (Å²) in [5.74, 6) is 0.896. The fourth-order valence-electron chi connectivity index (χ4n) is 1.89. The van der Waals surface area contributed by atoms with Crippen LogP contribution >= 0.6 is 11.3 Å². The van der Waals surface area contributed by atoms with E-state index in [0.717, 1.165) is 11.4 Å². The average Bonchev–Trinajstić information content (AvgIpc) is 2.80. The van der Waals surface area contributed by atoms with E-state index in [1.54, 1.807) is 11.3 Å². The molecule has 0 amide bonds. The van der Waals surface area contributed by atoms with Crippen LogP contribution in [0.5, 0.6) is 5.75 Å². The number of nitrogen functional groups attached to an aromatic ring is 1. The Labute approximate surface area is 110 Å². The van der Waals surface area contributed by atoms with Crippen molar-refractivity contribution in [2.45, 2.75) is 6.61 Å². The van der Waals surface area contributed by atoms with Gasteiger partial charge < -0.3 is 10.5 Å². The van der Waals surface area contributed by atoms with Gasteiger partial charge >= 0.3 is 0 Å². The van der Waals surface area contributed by atoms with Crippen LogP contribution in [0.4, 0.5) is 5.69 Å². The molecule has 2 nitrogen and oxygen atoms in total. The van der Waals surface area contributed by atoms with E-state index in [9.17, 15) is 0 Å². The van der Waals surface area contributed by atoms with Crippen molar-refractivity contribution >= 4 is 27.1 Å². The van der Waals surface area contributed by atoms with Gasteiger partial charge in [0.25, 0.3) is 0 Å². The first-order chi connectivity index (χ1) is 8.83. The first-order valence-corrected chi connectivity index (χ1v) is 6.64. The smallest absolute Gasteiger partial charge is 0.119 e. The predicted octanol–water partition coefficient (Wildman–Crippen LogP) is 4.06. The zero-order chi connectivity index (χ0) is 12.4. The van der Waals surface area contributed by atoms with Crippen LogP contribution in [0.25, 0.3) is 10.1 Å². The van der Waals surface area contributed by atoms with Crippen molar-refractivity contribution in [1.82, 2.24) is 0 Å². The SMILES string of the molecule is Nc1ccc2c(COc3ccccc3)csc2c1. The molecule has 0 aliphatic carbocycles. The molecule has 3 aromatic rings. The van der Waals surface area contributed by atoms with Gasteiger partial charge in [0.15, 0.2) is 0 Å². The lowest BCUT2D eigenvalue weighted by atomic mass is 10.2. The largest absolute Gasteiger partial charge is 0.489 e. The topological polar surface area (TPSA) is 35.2 Å². The molecule has 0 fully saturated rings. The van der Waals surface area contributed by atoms with Crippen LogP contribution in [0.3, 0.4) is 0 Å². The third-order valence-corrected chi connectivity index (χ3v) is 3.81. The first-order valence-electron chi connectivity index (χ1n) is 5.76. The number of hydrogen-bond donors (Lipinski definition) is 1. The van der Waals surface area contributed by atoms with Crippen molar-refractivity contribution < 1.29 is 4.74 Å². The molecule has 0 aliphatic heterocycles. The van der Waals surface area contributed by atoms with Gasteiger partial charge in [-0.3, -0.25) is 0 Å². The van der Waals surface area contributed by atoms with Gasteiger partial charge in [-0.2, -0.15) is 0 Å². The Balaban J connectivity index is 1.83. The summed E-state index contributed by atoms with van der Waals surface area (Å²) in [6.07, 6.45) is 0. The highest BCUT2D eigenvalue weighted by Gasteiger charge is 2.05. The second-order valence-corrected chi connectivity index (χ2v) is 5.03. The summed E-state index contributed by atoms with van der Waals surface area (Å²) < 4.78 is 6.97. The molecule has 3 heteroatoms. The number of hydrogen-bond acceptors (Lipinski definition) is 3. The number of fused-ring (bicyclic) bond motifs is 1. The maximum Gasteiger partial charge on any atom is 0.119 e. The minimum Gasteiger partial charge on any atom is -0.489 e. The molecule has 0 radical (unpaired) electrons. The van der Waals surface area contributed by atoms with Crippen LogP contribution in [-0.4, -0.2) is 0 Å².